The molecule has 1 aliphatic heterocycles. The molecule has 0 saturated carbocycles. The summed E-state index contributed by atoms with van der Waals surface area (Å²) in [5.41, 5.74) is 1.65. The van der Waals surface area contributed by atoms with Crippen LogP contribution in [-0.2, 0) is 4.79 Å². The van der Waals surface area contributed by atoms with Gasteiger partial charge in [-0.25, -0.2) is 0 Å². The number of ether oxygens (including phenoxy) is 2. The van der Waals surface area contributed by atoms with Crippen LogP contribution in [-0.4, -0.2) is 50.2 Å². The molecular formula is C21H23N3O3. The Morgan fingerprint density at radius 1 is 1.30 bits per heavy atom. The van der Waals surface area contributed by atoms with Crippen LogP contribution in [0.1, 0.15) is 12.5 Å². The Hall–Kier alpha value is -3.20. The monoisotopic (exact) mass is 365 g/mol. The molecule has 0 fully saturated rings. The second-order valence-electron chi connectivity index (χ2n) is 6.45. The summed E-state index contributed by atoms with van der Waals surface area (Å²) in [6, 6.07) is 16.7. The van der Waals surface area contributed by atoms with Gasteiger partial charge >= 0.3 is 0 Å². The fourth-order valence-electron chi connectivity index (χ4n) is 3.06. The maximum absolute atomic E-state index is 12.4. The minimum Gasteiger partial charge on any atom is -0.485 e. The van der Waals surface area contributed by atoms with Crippen molar-refractivity contribution in [2.24, 2.45) is 0 Å². The quantitative estimate of drug-likeness (QED) is 0.787. The molecule has 27 heavy (non-hydrogen) atoms. The van der Waals surface area contributed by atoms with E-state index < -0.39 is 0 Å². The normalized spacial score (nSPS) is 15.3. The third-order valence-corrected chi connectivity index (χ3v) is 4.55. The zero-order chi connectivity index (χ0) is 19.2. The number of amides is 1. The van der Waals surface area contributed by atoms with Gasteiger partial charge in [0.1, 0.15) is 17.6 Å². The predicted octanol–water partition coefficient (Wildman–Crippen LogP) is 2.68. The van der Waals surface area contributed by atoms with Crippen molar-refractivity contribution in [3.05, 3.63) is 54.1 Å². The number of hydrogen-bond acceptors (Lipinski definition) is 5. The summed E-state index contributed by atoms with van der Waals surface area (Å²) in [6.45, 7) is 4.17. The fraction of sp³-hybridized carbons (Fsp3) is 0.333. The van der Waals surface area contributed by atoms with E-state index in [1.165, 1.54) is 0 Å². The van der Waals surface area contributed by atoms with Gasteiger partial charge in [-0.3, -0.25) is 4.79 Å². The standard InChI is InChI=1S/C21H23N3O3/c1-3-24-14-18(27-20-7-5-4-6-19(20)24)13-23(2)21(25)15-26-17-10-8-16(12-22)9-11-17/h4-11,18H,3,13-15H2,1-2H3/t18-/m0/s1. The van der Waals surface area contributed by atoms with Crippen LogP contribution >= 0.6 is 0 Å². The number of rotatable bonds is 6. The Balaban J connectivity index is 1.54. The van der Waals surface area contributed by atoms with Crippen molar-refractivity contribution in [3.63, 3.8) is 0 Å². The van der Waals surface area contributed by atoms with Gasteiger partial charge in [-0.05, 0) is 43.3 Å². The summed E-state index contributed by atoms with van der Waals surface area (Å²) >= 11 is 0. The van der Waals surface area contributed by atoms with E-state index in [2.05, 4.69) is 17.9 Å². The largest absolute Gasteiger partial charge is 0.485 e. The molecular weight excluding hydrogens is 342 g/mol. The highest BCUT2D eigenvalue weighted by Crippen LogP contribution is 2.32. The number of benzene rings is 2. The molecule has 6 nitrogen and oxygen atoms in total. The van der Waals surface area contributed by atoms with Crippen LogP contribution in [0.25, 0.3) is 0 Å². The molecule has 0 bridgehead atoms. The first-order valence-corrected chi connectivity index (χ1v) is 8.98. The van der Waals surface area contributed by atoms with Crippen molar-refractivity contribution in [2.45, 2.75) is 13.0 Å². The van der Waals surface area contributed by atoms with Crippen molar-refractivity contribution < 1.29 is 14.3 Å². The highest BCUT2D eigenvalue weighted by atomic mass is 16.5. The number of nitriles is 1. The summed E-state index contributed by atoms with van der Waals surface area (Å²) in [7, 11) is 1.75. The second kappa shape index (κ2) is 8.45. The first-order chi connectivity index (χ1) is 13.1. The van der Waals surface area contributed by atoms with Crippen molar-refractivity contribution in [3.8, 4) is 17.6 Å². The average Bonchev–Trinajstić information content (AvgIpc) is 2.71. The van der Waals surface area contributed by atoms with Crippen LogP contribution in [0.2, 0.25) is 0 Å². The van der Waals surface area contributed by atoms with E-state index in [9.17, 15) is 4.79 Å². The maximum Gasteiger partial charge on any atom is 0.260 e. The van der Waals surface area contributed by atoms with Gasteiger partial charge in [-0.1, -0.05) is 12.1 Å². The van der Waals surface area contributed by atoms with E-state index in [-0.39, 0.29) is 18.6 Å². The molecule has 140 valence electrons. The smallest absolute Gasteiger partial charge is 0.260 e. The highest BCUT2D eigenvalue weighted by Gasteiger charge is 2.26. The van der Waals surface area contributed by atoms with Crippen LogP contribution in [0.3, 0.4) is 0 Å². The summed E-state index contributed by atoms with van der Waals surface area (Å²) in [4.78, 5) is 16.3. The lowest BCUT2D eigenvalue weighted by Crippen LogP contribution is -2.47. The molecule has 2 aromatic carbocycles. The molecule has 1 heterocycles. The van der Waals surface area contributed by atoms with E-state index >= 15 is 0 Å². The van der Waals surface area contributed by atoms with Gasteiger partial charge in [0.15, 0.2) is 6.61 Å². The Kier molecular flexibility index (Phi) is 5.82. The van der Waals surface area contributed by atoms with E-state index in [4.69, 9.17) is 14.7 Å². The van der Waals surface area contributed by atoms with Gasteiger partial charge in [-0.15, -0.1) is 0 Å². The number of carbonyl (C=O) groups excluding carboxylic acids is 1. The minimum atomic E-state index is -0.120. The number of carbonyl (C=O) groups is 1. The summed E-state index contributed by atoms with van der Waals surface area (Å²) in [5.74, 6) is 1.30. The fourth-order valence-corrected chi connectivity index (χ4v) is 3.06. The topological polar surface area (TPSA) is 65.8 Å². The molecule has 6 heteroatoms. The number of likely N-dealkylation sites (N-methyl/N-ethyl adjacent to an activating group) is 2. The van der Waals surface area contributed by atoms with Crippen LogP contribution in [0.15, 0.2) is 48.5 Å². The van der Waals surface area contributed by atoms with Crippen molar-refractivity contribution in [1.82, 2.24) is 4.90 Å². The van der Waals surface area contributed by atoms with Crippen LogP contribution in [0.5, 0.6) is 11.5 Å². The SMILES string of the molecule is CCN1C[C@H](CN(C)C(=O)COc2ccc(C#N)cc2)Oc2ccccc21. The Morgan fingerprint density at radius 3 is 2.74 bits per heavy atom. The van der Waals surface area contributed by atoms with Crippen LogP contribution in [0.4, 0.5) is 5.69 Å². The third kappa shape index (κ3) is 4.50. The average molecular weight is 365 g/mol. The summed E-state index contributed by atoms with van der Waals surface area (Å²) in [6.07, 6.45) is -0.0938. The van der Waals surface area contributed by atoms with Gasteiger partial charge in [0.05, 0.1) is 30.4 Å². The van der Waals surface area contributed by atoms with E-state index in [1.807, 2.05) is 24.3 Å². The molecule has 0 aromatic heterocycles. The number of anilines is 1. The van der Waals surface area contributed by atoms with Gasteiger partial charge in [0, 0.05) is 13.6 Å². The van der Waals surface area contributed by atoms with Crippen molar-refractivity contribution in [2.75, 3.05) is 38.2 Å². The van der Waals surface area contributed by atoms with Crippen LogP contribution < -0.4 is 14.4 Å². The van der Waals surface area contributed by atoms with E-state index in [1.54, 1.807) is 36.2 Å². The lowest BCUT2D eigenvalue weighted by atomic mass is 10.2. The molecule has 3 rings (SSSR count). The van der Waals surface area contributed by atoms with Gasteiger partial charge < -0.3 is 19.3 Å². The summed E-state index contributed by atoms with van der Waals surface area (Å²) < 4.78 is 11.6. The molecule has 0 spiro atoms. The van der Waals surface area contributed by atoms with Gasteiger partial charge in [0.25, 0.3) is 5.91 Å². The number of nitrogens with zero attached hydrogens (tertiary/aromatic N) is 3. The van der Waals surface area contributed by atoms with Gasteiger partial charge in [0.2, 0.25) is 0 Å². The number of para-hydroxylation sites is 2. The summed E-state index contributed by atoms with van der Waals surface area (Å²) in [5, 5.41) is 8.81. The molecule has 1 atom stereocenters. The highest BCUT2D eigenvalue weighted by molar-refractivity contribution is 5.77. The van der Waals surface area contributed by atoms with Crippen molar-refractivity contribution >= 4 is 11.6 Å². The molecule has 2 aromatic rings. The van der Waals surface area contributed by atoms with E-state index in [0.717, 1.165) is 24.5 Å². The minimum absolute atomic E-state index is 0.0524. The molecule has 0 N–H and O–H groups in total. The van der Waals surface area contributed by atoms with E-state index in [0.29, 0.717) is 17.9 Å². The zero-order valence-corrected chi connectivity index (χ0v) is 15.6. The Labute approximate surface area is 159 Å². The first-order valence-electron chi connectivity index (χ1n) is 8.98. The molecule has 0 saturated heterocycles. The Bertz CT molecular complexity index is 829. The lowest BCUT2D eigenvalue weighted by molar-refractivity contribution is -0.133. The second-order valence-corrected chi connectivity index (χ2v) is 6.45. The lowest BCUT2D eigenvalue weighted by Gasteiger charge is -2.37. The third-order valence-electron chi connectivity index (χ3n) is 4.55. The van der Waals surface area contributed by atoms with Gasteiger partial charge in [-0.2, -0.15) is 5.26 Å². The number of hydrogen-bond donors (Lipinski definition) is 0. The molecule has 0 radical (unpaired) electrons. The molecule has 0 unspecified atom stereocenters. The van der Waals surface area contributed by atoms with Crippen LogP contribution in [0, 0.1) is 11.3 Å². The molecule has 1 amide bonds. The van der Waals surface area contributed by atoms with Crippen molar-refractivity contribution in [1.29, 1.82) is 5.26 Å². The number of fused-ring (bicyclic) bond motifs is 1. The zero-order valence-electron chi connectivity index (χ0n) is 15.6. The maximum atomic E-state index is 12.4. The molecule has 1 aliphatic rings. The first kappa shape index (κ1) is 18.6. The Morgan fingerprint density at radius 2 is 2.04 bits per heavy atom. The predicted molar refractivity (Wildman–Crippen MR) is 103 cm³/mol. The molecule has 0 aliphatic carbocycles.